The van der Waals surface area contributed by atoms with E-state index in [2.05, 4.69) is 21.5 Å². The Kier molecular flexibility index (Phi) is 2.49. The third-order valence-electron chi connectivity index (χ3n) is 3.83. The molecule has 0 atom stereocenters. The fourth-order valence-corrected chi connectivity index (χ4v) is 2.65. The van der Waals surface area contributed by atoms with E-state index >= 15 is 0 Å². The topological polar surface area (TPSA) is 40.7 Å². The van der Waals surface area contributed by atoms with Crippen LogP contribution in [0.1, 0.15) is 55.5 Å². The number of rotatable bonds is 2. The molecule has 82 valence electrons. The summed E-state index contributed by atoms with van der Waals surface area (Å²) in [5.74, 6) is 2.65. The van der Waals surface area contributed by atoms with Gasteiger partial charge in [0.05, 0.1) is 0 Å². The molecule has 0 aromatic carbocycles. The van der Waals surface area contributed by atoms with Gasteiger partial charge in [0.15, 0.2) is 0 Å². The van der Waals surface area contributed by atoms with Gasteiger partial charge in [0.1, 0.15) is 5.82 Å². The molecule has 2 N–H and O–H groups in total. The molecule has 0 spiro atoms. The van der Waals surface area contributed by atoms with Crippen LogP contribution in [0.5, 0.6) is 0 Å². The molecule has 3 rings (SSSR count). The van der Waals surface area contributed by atoms with Crippen LogP contribution in [-0.4, -0.2) is 23.1 Å². The molecule has 0 amide bonds. The summed E-state index contributed by atoms with van der Waals surface area (Å²) < 4.78 is 0. The lowest BCUT2D eigenvalue weighted by Gasteiger charge is -2.26. The van der Waals surface area contributed by atoms with Crippen LogP contribution in [0.15, 0.2) is 6.20 Å². The highest BCUT2D eigenvalue weighted by Crippen LogP contribution is 2.31. The van der Waals surface area contributed by atoms with Gasteiger partial charge >= 0.3 is 0 Å². The molecule has 2 aliphatic rings. The number of hydrogen-bond acceptors (Lipinski definition) is 2. The minimum Gasteiger partial charge on any atom is -0.345 e. The van der Waals surface area contributed by atoms with Crippen molar-refractivity contribution in [2.24, 2.45) is 0 Å². The van der Waals surface area contributed by atoms with Crippen molar-refractivity contribution in [3.8, 4) is 0 Å². The van der Waals surface area contributed by atoms with Crippen LogP contribution in [0.4, 0.5) is 0 Å². The average molecular weight is 205 g/mol. The van der Waals surface area contributed by atoms with Crippen LogP contribution in [0.3, 0.4) is 0 Å². The molecule has 2 fully saturated rings. The molecule has 3 heteroatoms. The second-order valence-electron chi connectivity index (χ2n) is 4.91. The van der Waals surface area contributed by atoms with Crippen molar-refractivity contribution in [1.82, 2.24) is 15.3 Å². The van der Waals surface area contributed by atoms with Gasteiger partial charge in [-0.2, -0.15) is 0 Å². The fraction of sp³-hybridized carbons (Fsp3) is 0.750. The molecule has 1 aromatic rings. The molecule has 15 heavy (non-hydrogen) atoms. The fourth-order valence-electron chi connectivity index (χ4n) is 2.65. The van der Waals surface area contributed by atoms with Crippen LogP contribution < -0.4 is 5.32 Å². The Bertz CT molecular complexity index is 321. The van der Waals surface area contributed by atoms with E-state index in [1.165, 1.54) is 43.6 Å². The molecule has 1 aromatic heterocycles. The molecule has 1 saturated heterocycles. The first-order valence-electron chi connectivity index (χ1n) is 6.19. The zero-order valence-electron chi connectivity index (χ0n) is 9.13. The molecular weight excluding hydrogens is 186 g/mol. The van der Waals surface area contributed by atoms with Gasteiger partial charge in [-0.25, -0.2) is 4.98 Å². The van der Waals surface area contributed by atoms with Crippen molar-refractivity contribution in [3.63, 3.8) is 0 Å². The summed E-state index contributed by atoms with van der Waals surface area (Å²) in [5, 5.41) is 3.30. The third kappa shape index (κ3) is 1.81. The Morgan fingerprint density at radius 3 is 2.53 bits per heavy atom. The van der Waals surface area contributed by atoms with Crippen LogP contribution in [0.2, 0.25) is 0 Å². The summed E-state index contributed by atoms with van der Waals surface area (Å²) in [6.07, 6.45) is 8.88. The lowest BCUT2D eigenvalue weighted by molar-refractivity contribution is 0.423. The van der Waals surface area contributed by atoms with Crippen LogP contribution in [0, 0.1) is 0 Å². The van der Waals surface area contributed by atoms with E-state index in [-0.39, 0.29) is 0 Å². The van der Waals surface area contributed by atoms with E-state index in [0.29, 0.717) is 11.8 Å². The maximum atomic E-state index is 4.56. The Morgan fingerprint density at radius 1 is 1.07 bits per heavy atom. The molecule has 0 bridgehead atoms. The van der Waals surface area contributed by atoms with E-state index in [4.69, 9.17) is 0 Å². The zero-order chi connectivity index (χ0) is 10.1. The maximum absolute atomic E-state index is 4.56. The molecule has 0 radical (unpaired) electrons. The average Bonchev–Trinajstić information content (AvgIpc) is 2.66. The van der Waals surface area contributed by atoms with Gasteiger partial charge in [-0.3, -0.25) is 0 Å². The number of aromatic nitrogens is 2. The minimum absolute atomic E-state index is 0.690. The lowest BCUT2D eigenvalue weighted by Crippen LogP contribution is -2.40. The summed E-state index contributed by atoms with van der Waals surface area (Å²) >= 11 is 0. The van der Waals surface area contributed by atoms with Gasteiger partial charge in [0.25, 0.3) is 0 Å². The van der Waals surface area contributed by atoms with Gasteiger partial charge < -0.3 is 10.3 Å². The number of imidazole rings is 1. The SMILES string of the molecule is c1nc(C2CCCCC2)[nH]c1C1CNC1. The highest BCUT2D eigenvalue weighted by Gasteiger charge is 2.23. The molecule has 1 saturated carbocycles. The minimum atomic E-state index is 0.690. The molecule has 0 unspecified atom stereocenters. The second-order valence-corrected chi connectivity index (χ2v) is 4.91. The number of hydrogen-bond donors (Lipinski definition) is 2. The Labute approximate surface area is 90.7 Å². The lowest BCUT2D eigenvalue weighted by atomic mass is 9.89. The van der Waals surface area contributed by atoms with Gasteiger partial charge in [0.2, 0.25) is 0 Å². The largest absolute Gasteiger partial charge is 0.345 e. The number of H-pyrrole nitrogens is 1. The third-order valence-corrected chi connectivity index (χ3v) is 3.83. The molecular formula is C12H19N3. The summed E-state index contributed by atoms with van der Waals surface area (Å²) in [7, 11) is 0. The zero-order valence-corrected chi connectivity index (χ0v) is 9.13. The van der Waals surface area contributed by atoms with E-state index < -0.39 is 0 Å². The Balaban J connectivity index is 1.71. The van der Waals surface area contributed by atoms with Crippen LogP contribution in [0.25, 0.3) is 0 Å². The first-order chi connectivity index (χ1) is 7.43. The number of nitrogens with zero attached hydrogens (tertiary/aromatic N) is 1. The monoisotopic (exact) mass is 205 g/mol. The smallest absolute Gasteiger partial charge is 0.109 e. The molecule has 3 nitrogen and oxygen atoms in total. The standard InChI is InChI=1S/C12H19N3/c1-2-4-9(5-3-1)12-14-8-11(15-12)10-6-13-7-10/h8-10,13H,1-7H2,(H,14,15). The van der Waals surface area contributed by atoms with Crippen LogP contribution in [-0.2, 0) is 0 Å². The first-order valence-corrected chi connectivity index (χ1v) is 6.19. The first kappa shape index (κ1) is 9.40. The van der Waals surface area contributed by atoms with Crippen LogP contribution >= 0.6 is 0 Å². The molecule has 1 aliphatic carbocycles. The normalized spacial score (nSPS) is 24.0. The van der Waals surface area contributed by atoms with E-state index in [0.717, 1.165) is 13.1 Å². The van der Waals surface area contributed by atoms with Crippen molar-refractivity contribution >= 4 is 0 Å². The van der Waals surface area contributed by atoms with Gasteiger partial charge in [-0.15, -0.1) is 0 Å². The summed E-state index contributed by atoms with van der Waals surface area (Å²) in [6, 6.07) is 0. The van der Waals surface area contributed by atoms with Gasteiger partial charge in [0, 0.05) is 36.8 Å². The second kappa shape index (κ2) is 3.97. The van der Waals surface area contributed by atoms with E-state index in [1.807, 2.05) is 0 Å². The highest BCUT2D eigenvalue weighted by atomic mass is 15.0. The van der Waals surface area contributed by atoms with Crippen molar-refractivity contribution in [1.29, 1.82) is 0 Å². The van der Waals surface area contributed by atoms with Crippen molar-refractivity contribution in [2.75, 3.05) is 13.1 Å². The summed E-state index contributed by atoms with van der Waals surface area (Å²) in [5.41, 5.74) is 1.34. The maximum Gasteiger partial charge on any atom is 0.109 e. The molecule has 2 heterocycles. The summed E-state index contributed by atoms with van der Waals surface area (Å²) in [6.45, 7) is 2.23. The van der Waals surface area contributed by atoms with E-state index in [9.17, 15) is 0 Å². The van der Waals surface area contributed by atoms with Crippen molar-refractivity contribution in [2.45, 2.75) is 43.9 Å². The Hall–Kier alpha value is -0.830. The molecule has 1 aliphatic heterocycles. The van der Waals surface area contributed by atoms with Crippen molar-refractivity contribution < 1.29 is 0 Å². The number of aromatic amines is 1. The van der Waals surface area contributed by atoms with E-state index in [1.54, 1.807) is 0 Å². The van der Waals surface area contributed by atoms with Crippen molar-refractivity contribution in [3.05, 3.63) is 17.7 Å². The predicted octanol–water partition coefficient (Wildman–Crippen LogP) is 2.14. The Morgan fingerprint density at radius 2 is 1.87 bits per heavy atom. The summed E-state index contributed by atoms with van der Waals surface area (Å²) in [4.78, 5) is 8.09. The predicted molar refractivity (Wildman–Crippen MR) is 60.0 cm³/mol. The quantitative estimate of drug-likeness (QED) is 0.776. The number of nitrogens with one attached hydrogen (secondary N) is 2. The van der Waals surface area contributed by atoms with Gasteiger partial charge in [-0.05, 0) is 12.8 Å². The highest BCUT2D eigenvalue weighted by molar-refractivity contribution is 5.14. The van der Waals surface area contributed by atoms with Gasteiger partial charge in [-0.1, -0.05) is 19.3 Å².